The summed E-state index contributed by atoms with van der Waals surface area (Å²) in [5, 5.41) is 2.91. The number of benzene rings is 1. The average molecular weight is 240 g/mol. The van der Waals surface area contributed by atoms with Crippen molar-refractivity contribution in [3.05, 3.63) is 35.4 Å². The van der Waals surface area contributed by atoms with Crippen LogP contribution in [-0.2, 0) is 17.8 Å². The summed E-state index contributed by atoms with van der Waals surface area (Å²) >= 11 is 5.53. The van der Waals surface area contributed by atoms with Gasteiger partial charge in [-0.3, -0.25) is 4.79 Å². The average Bonchev–Trinajstić information content (AvgIpc) is 2.34. The Morgan fingerprint density at radius 1 is 1.31 bits per heavy atom. The van der Waals surface area contributed by atoms with Gasteiger partial charge in [0.05, 0.1) is 0 Å². The number of carbonyl (C=O) groups is 1. The molecule has 3 heteroatoms. The zero-order valence-electron chi connectivity index (χ0n) is 9.63. The highest BCUT2D eigenvalue weighted by atomic mass is 35.5. The third-order valence-corrected chi connectivity index (χ3v) is 2.78. The predicted octanol–water partition coefficient (Wildman–Crippen LogP) is 2.88. The molecule has 0 unspecified atom stereocenters. The zero-order chi connectivity index (χ0) is 11.8. The van der Waals surface area contributed by atoms with Crippen LogP contribution in [0.3, 0.4) is 0 Å². The van der Waals surface area contributed by atoms with Gasteiger partial charge in [0.15, 0.2) is 0 Å². The number of rotatable bonds is 6. The van der Waals surface area contributed by atoms with E-state index in [0.29, 0.717) is 18.8 Å². The molecule has 1 N–H and O–H groups in total. The molecule has 1 rings (SSSR count). The van der Waals surface area contributed by atoms with Crippen LogP contribution in [-0.4, -0.2) is 11.8 Å². The van der Waals surface area contributed by atoms with Crippen LogP contribution in [0.15, 0.2) is 24.3 Å². The van der Waals surface area contributed by atoms with Gasteiger partial charge in [0, 0.05) is 18.8 Å². The van der Waals surface area contributed by atoms with Crippen molar-refractivity contribution in [2.45, 2.75) is 32.7 Å². The van der Waals surface area contributed by atoms with Crippen LogP contribution in [0.1, 0.15) is 30.9 Å². The lowest BCUT2D eigenvalue weighted by Gasteiger charge is -2.08. The fourth-order valence-corrected chi connectivity index (χ4v) is 1.72. The van der Waals surface area contributed by atoms with Gasteiger partial charge in [-0.15, -0.1) is 11.6 Å². The maximum absolute atomic E-state index is 11.4. The summed E-state index contributed by atoms with van der Waals surface area (Å²) in [5.74, 6) is 0.616. The quantitative estimate of drug-likeness (QED) is 0.760. The van der Waals surface area contributed by atoms with Crippen molar-refractivity contribution in [2.75, 3.05) is 5.88 Å². The number of halogens is 1. The summed E-state index contributed by atoms with van der Waals surface area (Å²) in [4.78, 5) is 11.4. The first-order valence-electron chi connectivity index (χ1n) is 5.67. The van der Waals surface area contributed by atoms with Gasteiger partial charge in [-0.25, -0.2) is 0 Å². The molecule has 16 heavy (non-hydrogen) atoms. The standard InChI is InChI=1S/C13H18ClNO/c1-2-11-6-3-4-7-12(11)10-15-13(16)8-5-9-14/h3-4,6-7H,2,5,8-10H2,1H3,(H,15,16). The van der Waals surface area contributed by atoms with Gasteiger partial charge in [-0.1, -0.05) is 31.2 Å². The van der Waals surface area contributed by atoms with Crippen molar-refractivity contribution in [3.63, 3.8) is 0 Å². The Morgan fingerprint density at radius 3 is 2.62 bits per heavy atom. The van der Waals surface area contributed by atoms with E-state index in [-0.39, 0.29) is 5.91 Å². The molecule has 0 saturated carbocycles. The zero-order valence-corrected chi connectivity index (χ0v) is 10.4. The monoisotopic (exact) mass is 239 g/mol. The van der Waals surface area contributed by atoms with E-state index in [1.54, 1.807) is 0 Å². The summed E-state index contributed by atoms with van der Waals surface area (Å²) in [5.41, 5.74) is 2.49. The molecule has 0 heterocycles. The van der Waals surface area contributed by atoms with Gasteiger partial charge in [-0.2, -0.15) is 0 Å². The molecule has 0 radical (unpaired) electrons. The molecule has 0 aliphatic carbocycles. The maximum Gasteiger partial charge on any atom is 0.220 e. The van der Waals surface area contributed by atoms with Crippen molar-refractivity contribution in [1.82, 2.24) is 5.32 Å². The summed E-state index contributed by atoms with van der Waals surface area (Å²) in [6.07, 6.45) is 2.24. The Labute approximate surface area is 102 Å². The van der Waals surface area contributed by atoms with Gasteiger partial charge in [0.1, 0.15) is 0 Å². The van der Waals surface area contributed by atoms with Crippen LogP contribution in [0.25, 0.3) is 0 Å². The second kappa shape index (κ2) is 7.29. The first-order valence-corrected chi connectivity index (χ1v) is 6.20. The van der Waals surface area contributed by atoms with Gasteiger partial charge >= 0.3 is 0 Å². The van der Waals surface area contributed by atoms with E-state index in [0.717, 1.165) is 12.8 Å². The van der Waals surface area contributed by atoms with Crippen molar-refractivity contribution in [2.24, 2.45) is 0 Å². The Hall–Kier alpha value is -1.02. The highest BCUT2D eigenvalue weighted by Gasteiger charge is 2.03. The first kappa shape index (κ1) is 13.0. The van der Waals surface area contributed by atoms with E-state index in [2.05, 4.69) is 24.4 Å². The Morgan fingerprint density at radius 2 is 2.00 bits per heavy atom. The van der Waals surface area contributed by atoms with E-state index in [1.165, 1.54) is 11.1 Å². The number of hydrogen-bond donors (Lipinski definition) is 1. The molecule has 1 aromatic rings. The molecule has 0 aliphatic rings. The molecule has 0 atom stereocenters. The normalized spacial score (nSPS) is 10.1. The molecule has 88 valence electrons. The molecular weight excluding hydrogens is 222 g/mol. The molecule has 0 fully saturated rings. The van der Waals surface area contributed by atoms with Gasteiger partial charge in [-0.05, 0) is 24.0 Å². The van der Waals surface area contributed by atoms with E-state index >= 15 is 0 Å². The number of amides is 1. The third-order valence-electron chi connectivity index (χ3n) is 2.51. The van der Waals surface area contributed by atoms with Crippen LogP contribution in [0.5, 0.6) is 0 Å². The second-order valence-corrected chi connectivity index (χ2v) is 4.07. The number of nitrogens with one attached hydrogen (secondary N) is 1. The maximum atomic E-state index is 11.4. The van der Waals surface area contributed by atoms with Crippen LogP contribution in [0, 0.1) is 0 Å². The van der Waals surface area contributed by atoms with E-state index < -0.39 is 0 Å². The molecule has 1 amide bonds. The molecule has 0 bridgehead atoms. The van der Waals surface area contributed by atoms with Gasteiger partial charge < -0.3 is 5.32 Å². The number of carbonyl (C=O) groups excluding carboxylic acids is 1. The van der Waals surface area contributed by atoms with Crippen molar-refractivity contribution >= 4 is 17.5 Å². The van der Waals surface area contributed by atoms with E-state index in [9.17, 15) is 4.79 Å². The summed E-state index contributed by atoms with van der Waals surface area (Å²) in [7, 11) is 0. The largest absolute Gasteiger partial charge is 0.352 e. The minimum absolute atomic E-state index is 0.0755. The minimum Gasteiger partial charge on any atom is -0.352 e. The van der Waals surface area contributed by atoms with Crippen LogP contribution >= 0.6 is 11.6 Å². The van der Waals surface area contributed by atoms with Crippen molar-refractivity contribution in [1.29, 1.82) is 0 Å². The Balaban J connectivity index is 2.44. The number of aryl methyl sites for hydroxylation is 1. The van der Waals surface area contributed by atoms with E-state index in [1.807, 2.05) is 12.1 Å². The summed E-state index contributed by atoms with van der Waals surface area (Å²) < 4.78 is 0. The fourth-order valence-electron chi connectivity index (χ4n) is 1.58. The third kappa shape index (κ3) is 4.23. The Kier molecular flexibility index (Phi) is 5.94. The number of alkyl halides is 1. The highest BCUT2D eigenvalue weighted by molar-refractivity contribution is 6.17. The van der Waals surface area contributed by atoms with Crippen LogP contribution < -0.4 is 5.32 Å². The fraction of sp³-hybridized carbons (Fsp3) is 0.462. The van der Waals surface area contributed by atoms with Crippen molar-refractivity contribution < 1.29 is 4.79 Å². The summed E-state index contributed by atoms with van der Waals surface area (Å²) in [6, 6.07) is 8.18. The van der Waals surface area contributed by atoms with Gasteiger partial charge in [0.25, 0.3) is 0 Å². The topological polar surface area (TPSA) is 29.1 Å². The van der Waals surface area contributed by atoms with Crippen LogP contribution in [0.2, 0.25) is 0 Å². The lowest BCUT2D eigenvalue weighted by Crippen LogP contribution is -2.23. The first-order chi connectivity index (χ1) is 7.77. The molecule has 0 aromatic heterocycles. The van der Waals surface area contributed by atoms with Crippen molar-refractivity contribution in [3.8, 4) is 0 Å². The molecule has 0 spiro atoms. The number of hydrogen-bond acceptors (Lipinski definition) is 1. The SMILES string of the molecule is CCc1ccccc1CNC(=O)CCCCl. The van der Waals surface area contributed by atoms with E-state index in [4.69, 9.17) is 11.6 Å². The lowest BCUT2D eigenvalue weighted by atomic mass is 10.1. The molecular formula is C13H18ClNO. The molecule has 2 nitrogen and oxygen atoms in total. The highest BCUT2D eigenvalue weighted by Crippen LogP contribution is 2.09. The molecule has 0 saturated heterocycles. The molecule has 1 aromatic carbocycles. The Bertz CT molecular complexity index is 338. The lowest BCUT2D eigenvalue weighted by molar-refractivity contribution is -0.121. The van der Waals surface area contributed by atoms with Gasteiger partial charge in [0.2, 0.25) is 5.91 Å². The van der Waals surface area contributed by atoms with Crippen LogP contribution in [0.4, 0.5) is 0 Å². The molecule has 0 aliphatic heterocycles. The second-order valence-electron chi connectivity index (χ2n) is 3.69. The smallest absolute Gasteiger partial charge is 0.220 e. The summed E-state index contributed by atoms with van der Waals surface area (Å²) in [6.45, 7) is 2.74. The minimum atomic E-state index is 0.0755. The predicted molar refractivity (Wildman–Crippen MR) is 67.6 cm³/mol.